The molecular weight excluding hydrogens is 194 g/mol. The molecule has 0 aliphatic heterocycles. The lowest BCUT2D eigenvalue weighted by Gasteiger charge is -2.12. The van der Waals surface area contributed by atoms with Gasteiger partial charge in [-0.05, 0) is 31.4 Å². The van der Waals surface area contributed by atoms with E-state index < -0.39 is 0 Å². The molecule has 3 nitrogen and oxygen atoms in total. The minimum atomic E-state index is 0.473. The first-order chi connectivity index (χ1) is 6.74. The van der Waals surface area contributed by atoms with Crippen LogP contribution in [-0.2, 0) is 0 Å². The van der Waals surface area contributed by atoms with Crippen LogP contribution in [-0.4, -0.2) is 15.5 Å². The molecule has 2 N–H and O–H groups in total. The Hall–Kier alpha value is -0.640. The first-order valence-electron chi connectivity index (χ1n) is 5.19. The minimum absolute atomic E-state index is 0.473. The fourth-order valence-corrected chi connectivity index (χ4v) is 2.40. The van der Waals surface area contributed by atoms with Gasteiger partial charge in [0.25, 0.3) is 0 Å². The number of hydrogen-bond donors (Lipinski definition) is 1. The Balaban J connectivity index is 2.16. The second-order valence-corrected chi connectivity index (χ2v) is 5.16. The predicted molar refractivity (Wildman–Crippen MR) is 60.5 cm³/mol. The summed E-state index contributed by atoms with van der Waals surface area (Å²) in [6, 6.07) is 0.473. The van der Waals surface area contributed by atoms with Crippen molar-refractivity contribution in [2.75, 3.05) is 11.5 Å². The summed E-state index contributed by atoms with van der Waals surface area (Å²) < 4.78 is 1.98. The Morgan fingerprint density at radius 3 is 3.00 bits per heavy atom. The van der Waals surface area contributed by atoms with E-state index in [1.54, 1.807) is 11.8 Å². The molecule has 4 heteroatoms. The SMILES string of the molecule is CCSc1cnn(C(C)C2CC2)c1N. The molecule has 1 heterocycles. The summed E-state index contributed by atoms with van der Waals surface area (Å²) in [5.74, 6) is 2.70. The fraction of sp³-hybridized carbons (Fsp3) is 0.700. The predicted octanol–water partition coefficient (Wildman–Crippen LogP) is 2.55. The highest BCUT2D eigenvalue weighted by Crippen LogP contribution is 2.41. The third-order valence-electron chi connectivity index (χ3n) is 2.79. The number of aromatic nitrogens is 2. The van der Waals surface area contributed by atoms with Crippen molar-refractivity contribution >= 4 is 17.6 Å². The molecule has 1 unspecified atom stereocenters. The summed E-state index contributed by atoms with van der Waals surface area (Å²) in [4.78, 5) is 1.13. The van der Waals surface area contributed by atoms with E-state index in [4.69, 9.17) is 5.73 Å². The van der Waals surface area contributed by atoms with Gasteiger partial charge in [-0.3, -0.25) is 0 Å². The summed E-state index contributed by atoms with van der Waals surface area (Å²) in [5.41, 5.74) is 6.04. The van der Waals surface area contributed by atoms with Crippen LogP contribution in [0.4, 0.5) is 5.82 Å². The lowest BCUT2D eigenvalue weighted by Crippen LogP contribution is -2.11. The largest absolute Gasteiger partial charge is 0.383 e. The maximum Gasteiger partial charge on any atom is 0.135 e. The third kappa shape index (κ3) is 1.75. The molecule has 0 radical (unpaired) electrons. The van der Waals surface area contributed by atoms with Crippen LogP contribution in [0.15, 0.2) is 11.1 Å². The minimum Gasteiger partial charge on any atom is -0.383 e. The zero-order chi connectivity index (χ0) is 10.1. The van der Waals surface area contributed by atoms with E-state index in [9.17, 15) is 0 Å². The molecule has 1 atom stereocenters. The van der Waals surface area contributed by atoms with Crippen LogP contribution in [0.5, 0.6) is 0 Å². The van der Waals surface area contributed by atoms with Crippen molar-refractivity contribution < 1.29 is 0 Å². The van der Waals surface area contributed by atoms with Gasteiger partial charge in [0.05, 0.1) is 17.1 Å². The van der Waals surface area contributed by atoms with Gasteiger partial charge in [-0.2, -0.15) is 5.10 Å². The molecule has 1 aromatic rings. The molecule has 0 spiro atoms. The molecule has 0 bridgehead atoms. The number of nitrogens with two attached hydrogens (primary N) is 1. The molecule has 78 valence electrons. The molecule has 2 rings (SSSR count). The van der Waals surface area contributed by atoms with Gasteiger partial charge in [-0.1, -0.05) is 6.92 Å². The van der Waals surface area contributed by atoms with Crippen molar-refractivity contribution in [3.63, 3.8) is 0 Å². The van der Waals surface area contributed by atoms with Gasteiger partial charge in [-0.25, -0.2) is 4.68 Å². The van der Waals surface area contributed by atoms with Crippen molar-refractivity contribution in [1.29, 1.82) is 0 Å². The number of nitrogens with zero attached hydrogens (tertiary/aromatic N) is 2. The van der Waals surface area contributed by atoms with Crippen molar-refractivity contribution in [3.05, 3.63) is 6.20 Å². The molecule has 1 fully saturated rings. The van der Waals surface area contributed by atoms with Gasteiger partial charge in [0.15, 0.2) is 0 Å². The number of nitrogen functional groups attached to an aromatic ring is 1. The molecule has 1 aromatic heterocycles. The van der Waals surface area contributed by atoms with Gasteiger partial charge in [0, 0.05) is 0 Å². The number of anilines is 1. The smallest absolute Gasteiger partial charge is 0.135 e. The Morgan fingerprint density at radius 1 is 1.71 bits per heavy atom. The molecule has 14 heavy (non-hydrogen) atoms. The molecule has 1 saturated carbocycles. The average Bonchev–Trinajstić information content (AvgIpc) is 2.94. The standard InChI is InChI=1S/C10H17N3S/c1-3-14-9-6-12-13(10(9)11)7(2)8-4-5-8/h6-8H,3-5,11H2,1-2H3. The normalized spacial score (nSPS) is 18.4. The van der Waals surface area contributed by atoms with Crippen LogP contribution in [0, 0.1) is 5.92 Å². The monoisotopic (exact) mass is 211 g/mol. The molecule has 1 aliphatic carbocycles. The molecule has 1 aliphatic rings. The van der Waals surface area contributed by atoms with Crippen molar-refractivity contribution in [2.24, 2.45) is 5.92 Å². The van der Waals surface area contributed by atoms with Crippen LogP contribution < -0.4 is 5.73 Å². The Morgan fingerprint density at radius 2 is 2.43 bits per heavy atom. The summed E-state index contributed by atoms with van der Waals surface area (Å²) in [7, 11) is 0. The summed E-state index contributed by atoms with van der Waals surface area (Å²) in [6.07, 6.45) is 4.55. The Bertz CT molecular complexity index is 317. The Labute approximate surface area is 89.1 Å². The van der Waals surface area contributed by atoms with Gasteiger partial charge < -0.3 is 5.73 Å². The highest BCUT2D eigenvalue weighted by Gasteiger charge is 2.30. The molecule has 0 saturated heterocycles. The van der Waals surface area contributed by atoms with Gasteiger partial charge >= 0.3 is 0 Å². The maximum atomic E-state index is 6.04. The molecule has 0 aromatic carbocycles. The number of hydrogen-bond acceptors (Lipinski definition) is 3. The van der Waals surface area contributed by atoms with Gasteiger partial charge in [0.1, 0.15) is 5.82 Å². The summed E-state index contributed by atoms with van der Waals surface area (Å²) >= 11 is 1.76. The van der Waals surface area contributed by atoms with Crippen LogP contribution in [0.25, 0.3) is 0 Å². The van der Waals surface area contributed by atoms with Crippen LogP contribution in [0.1, 0.15) is 32.7 Å². The highest BCUT2D eigenvalue weighted by atomic mass is 32.2. The molecule has 0 amide bonds. The average molecular weight is 211 g/mol. The zero-order valence-electron chi connectivity index (χ0n) is 8.73. The zero-order valence-corrected chi connectivity index (χ0v) is 9.55. The first kappa shape index (κ1) is 9.90. The van der Waals surface area contributed by atoms with Crippen molar-refractivity contribution in [2.45, 2.75) is 37.6 Å². The van der Waals surface area contributed by atoms with Crippen LogP contribution >= 0.6 is 11.8 Å². The maximum absolute atomic E-state index is 6.04. The van der Waals surface area contributed by atoms with E-state index in [-0.39, 0.29) is 0 Å². The number of thioether (sulfide) groups is 1. The second kappa shape index (κ2) is 3.85. The number of rotatable bonds is 4. The summed E-state index contributed by atoms with van der Waals surface area (Å²) in [5, 5.41) is 4.37. The van der Waals surface area contributed by atoms with E-state index in [0.717, 1.165) is 22.4 Å². The fourth-order valence-electron chi connectivity index (χ4n) is 1.73. The second-order valence-electron chi connectivity index (χ2n) is 3.85. The summed E-state index contributed by atoms with van der Waals surface area (Å²) in [6.45, 7) is 4.34. The lowest BCUT2D eigenvalue weighted by molar-refractivity contribution is 0.446. The highest BCUT2D eigenvalue weighted by molar-refractivity contribution is 7.99. The van der Waals surface area contributed by atoms with E-state index in [0.29, 0.717) is 6.04 Å². The van der Waals surface area contributed by atoms with Gasteiger partial charge in [-0.15, -0.1) is 11.8 Å². The van der Waals surface area contributed by atoms with E-state index in [1.807, 2.05) is 10.9 Å². The van der Waals surface area contributed by atoms with Crippen LogP contribution in [0.2, 0.25) is 0 Å². The van der Waals surface area contributed by atoms with Gasteiger partial charge in [0.2, 0.25) is 0 Å². The van der Waals surface area contributed by atoms with E-state index in [1.165, 1.54) is 12.8 Å². The van der Waals surface area contributed by atoms with Crippen molar-refractivity contribution in [3.8, 4) is 0 Å². The van der Waals surface area contributed by atoms with E-state index in [2.05, 4.69) is 18.9 Å². The lowest BCUT2D eigenvalue weighted by atomic mass is 10.2. The quantitative estimate of drug-likeness (QED) is 0.778. The Kier molecular flexibility index (Phi) is 2.72. The van der Waals surface area contributed by atoms with Crippen LogP contribution in [0.3, 0.4) is 0 Å². The third-order valence-corrected chi connectivity index (χ3v) is 3.70. The molecular formula is C10H17N3S. The first-order valence-corrected chi connectivity index (χ1v) is 6.18. The van der Waals surface area contributed by atoms with Crippen molar-refractivity contribution in [1.82, 2.24) is 9.78 Å². The van der Waals surface area contributed by atoms with E-state index >= 15 is 0 Å². The topological polar surface area (TPSA) is 43.8 Å².